The number of aliphatic hydroxyl groups is 1. The van der Waals surface area contributed by atoms with E-state index < -0.39 is 9.84 Å². The van der Waals surface area contributed by atoms with Crippen LogP contribution in [-0.4, -0.2) is 55.2 Å². The number of aliphatic hydroxyl groups excluding tert-OH is 1. The lowest BCUT2D eigenvalue weighted by Gasteiger charge is -2.40. The molecule has 3 unspecified atom stereocenters. The molecule has 5 heteroatoms. The molecule has 1 N–H and O–H groups in total. The van der Waals surface area contributed by atoms with Crippen molar-refractivity contribution in [2.75, 3.05) is 24.6 Å². The number of likely N-dealkylation sites (tertiary alicyclic amines) is 1. The van der Waals surface area contributed by atoms with E-state index >= 15 is 0 Å². The molecule has 0 bridgehead atoms. The van der Waals surface area contributed by atoms with E-state index in [4.69, 9.17) is 0 Å². The van der Waals surface area contributed by atoms with Gasteiger partial charge in [0.1, 0.15) is 9.84 Å². The van der Waals surface area contributed by atoms with Crippen molar-refractivity contribution in [2.24, 2.45) is 5.92 Å². The van der Waals surface area contributed by atoms with Crippen molar-refractivity contribution >= 4 is 9.84 Å². The summed E-state index contributed by atoms with van der Waals surface area (Å²) in [6, 6.07) is 0.477. The second kappa shape index (κ2) is 7.23. The van der Waals surface area contributed by atoms with Crippen LogP contribution in [0.5, 0.6) is 0 Å². The second-order valence-corrected chi connectivity index (χ2v) is 8.82. The van der Waals surface area contributed by atoms with Gasteiger partial charge in [0.2, 0.25) is 0 Å². The molecule has 0 radical (unpaired) electrons. The van der Waals surface area contributed by atoms with Crippen LogP contribution in [0.2, 0.25) is 0 Å². The molecule has 0 aromatic heterocycles. The van der Waals surface area contributed by atoms with Gasteiger partial charge in [0.15, 0.2) is 0 Å². The fraction of sp³-hybridized carbons (Fsp3) is 1.00. The Balaban J connectivity index is 1.87. The summed E-state index contributed by atoms with van der Waals surface area (Å²) in [6.07, 6.45) is 7.43. The largest absolute Gasteiger partial charge is 0.393 e. The SMILES string of the molecule is CCS(=O)(=O)CCCN1CCCCC1C1CCCC1O. The maximum atomic E-state index is 11.6. The Morgan fingerprint density at radius 3 is 2.60 bits per heavy atom. The normalized spacial score (nSPS) is 32.6. The molecule has 2 aliphatic rings. The van der Waals surface area contributed by atoms with Crippen LogP contribution in [0, 0.1) is 5.92 Å². The van der Waals surface area contributed by atoms with Gasteiger partial charge in [0.05, 0.1) is 11.9 Å². The molecule has 20 heavy (non-hydrogen) atoms. The average Bonchev–Trinajstić information content (AvgIpc) is 2.85. The third-order valence-corrected chi connectivity index (χ3v) is 6.82. The van der Waals surface area contributed by atoms with E-state index in [2.05, 4.69) is 4.90 Å². The van der Waals surface area contributed by atoms with Crippen LogP contribution in [0.3, 0.4) is 0 Å². The maximum Gasteiger partial charge on any atom is 0.150 e. The molecular formula is C15H29NO3S. The Morgan fingerprint density at radius 2 is 1.95 bits per heavy atom. The van der Waals surface area contributed by atoms with Crippen LogP contribution in [-0.2, 0) is 9.84 Å². The Hall–Kier alpha value is -0.130. The minimum Gasteiger partial charge on any atom is -0.393 e. The highest BCUT2D eigenvalue weighted by Gasteiger charge is 2.36. The van der Waals surface area contributed by atoms with Crippen molar-refractivity contribution in [1.82, 2.24) is 4.90 Å². The lowest BCUT2D eigenvalue weighted by atomic mass is 9.87. The van der Waals surface area contributed by atoms with Crippen LogP contribution in [0.25, 0.3) is 0 Å². The van der Waals surface area contributed by atoms with Gasteiger partial charge < -0.3 is 5.11 Å². The summed E-state index contributed by atoms with van der Waals surface area (Å²) in [7, 11) is -2.84. The first-order chi connectivity index (χ1) is 9.53. The van der Waals surface area contributed by atoms with Crippen molar-refractivity contribution in [3.8, 4) is 0 Å². The summed E-state index contributed by atoms with van der Waals surface area (Å²) in [6.45, 7) is 3.65. The third-order valence-electron chi connectivity index (χ3n) is 5.03. The van der Waals surface area contributed by atoms with E-state index in [1.807, 2.05) is 0 Å². The van der Waals surface area contributed by atoms with Gasteiger partial charge in [0.25, 0.3) is 0 Å². The highest BCUT2D eigenvalue weighted by Crippen LogP contribution is 2.35. The predicted molar refractivity (Wildman–Crippen MR) is 81.5 cm³/mol. The van der Waals surface area contributed by atoms with Gasteiger partial charge in [-0.3, -0.25) is 4.90 Å². The van der Waals surface area contributed by atoms with Crippen LogP contribution in [0.1, 0.15) is 51.9 Å². The van der Waals surface area contributed by atoms with E-state index in [9.17, 15) is 13.5 Å². The van der Waals surface area contributed by atoms with Crippen molar-refractivity contribution in [3.63, 3.8) is 0 Å². The number of sulfone groups is 1. The fourth-order valence-electron chi connectivity index (χ4n) is 3.83. The maximum absolute atomic E-state index is 11.6. The van der Waals surface area contributed by atoms with Crippen molar-refractivity contribution in [2.45, 2.75) is 64.0 Å². The second-order valence-electron chi connectivity index (χ2n) is 6.35. The van der Waals surface area contributed by atoms with Gasteiger partial charge in [-0.1, -0.05) is 19.8 Å². The van der Waals surface area contributed by atoms with E-state index in [0.29, 0.717) is 17.7 Å². The van der Waals surface area contributed by atoms with Gasteiger partial charge in [-0.05, 0) is 45.2 Å². The third kappa shape index (κ3) is 4.18. The summed E-state index contributed by atoms with van der Waals surface area (Å²) in [4.78, 5) is 2.45. The molecule has 1 heterocycles. The zero-order valence-electron chi connectivity index (χ0n) is 12.6. The average molecular weight is 303 g/mol. The predicted octanol–water partition coefficient (Wildman–Crippen LogP) is 1.83. The molecule has 2 rings (SSSR count). The van der Waals surface area contributed by atoms with E-state index in [-0.39, 0.29) is 11.9 Å². The van der Waals surface area contributed by atoms with Gasteiger partial charge in [-0.2, -0.15) is 0 Å². The molecule has 118 valence electrons. The molecule has 4 nitrogen and oxygen atoms in total. The van der Waals surface area contributed by atoms with Gasteiger partial charge in [0, 0.05) is 17.7 Å². The molecule has 1 saturated heterocycles. The molecule has 0 aromatic rings. The van der Waals surface area contributed by atoms with E-state index in [1.54, 1.807) is 6.92 Å². The summed E-state index contributed by atoms with van der Waals surface area (Å²) in [5.41, 5.74) is 0. The highest BCUT2D eigenvalue weighted by molar-refractivity contribution is 7.91. The number of nitrogens with zero attached hydrogens (tertiary/aromatic N) is 1. The van der Waals surface area contributed by atoms with Crippen LogP contribution < -0.4 is 0 Å². The summed E-state index contributed by atoms with van der Waals surface area (Å²) in [5.74, 6) is 0.968. The Labute approximate surface area is 123 Å². The smallest absolute Gasteiger partial charge is 0.150 e. The molecule has 0 amide bonds. The van der Waals surface area contributed by atoms with Crippen LogP contribution in [0.4, 0.5) is 0 Å². The van der Waals surface area contributed by atoms with Crippen LogP contribution >= 0.6 is 0 Å². The molecular weight excluding hydrogens is 274 g/mol. The number of rotatable bonds is 6. The first kappa shape index (κ1) is 16.2. The molecule has 1 aliphatic carbocycles. The first-order valence-corrected chi connectivity index (χ1v) is 9.98. The molecule has 0 spiro atoms. The van der Waals surface area contributed by atoms with Gasteiger partial charge >= 0.3 is 0 Å². The standard InChI is InChI=1S/C15H29NO3S/c1-2-20(18,19)12-6-11-16-10-4-3-8-14(16)13-7-5-9-15(13)17/h13-15,17H,2-12H2,1H3. The zero-order chi connectivity index (χ0) is 14.6. The Morgan fingerprint density at radius 1 is 1.15 bits per heavy atom. The number of piperidine rings is 1. The summed E-state index contributed by atoms with van der Waals surface area (Å²) >= 11 is 0. The van der Waals surface area contributed by atoms with Crippen molar-refractivity contribution in [3.05, 3.63) is 0 Å². The monoisotopic (exact) mass is 303 g/mol. The molecule has 3 atom stereocenters. The van der Waals surface area contributed by atoms with Gasteiger partial charge in [-0.15, -0.1) is 0 Å². The Kier molecular flexibility index (Phi) is 5.87. The van der Waals surface area contributed by atoms with E-state index in [0.717, 1.165) is 38.8 Å². The highest BCUT2D eigenvalue weighted by atomic mass is 32.2. The zero-order valence-corrected chi connectivity index (χ0v) is 13.4. The molecule has 1 saturated carbocycles. The quantitative estimate of drug-likeness (QED) is 0.813. The summed E-state index contributed by atoms with van der Waals surface area (Å²) < 4.78 is 23.1. The fourth-order valence-corrected chi connectivity index (χ4v) is 4.69. The minimum absolute atomic E-state index is 0.139. The number of hydrogen-bond donors (Lipinski definition) is 1. The molecule has 0 aromatic carbocycles. The van der Waals surface area contributed by atoms with Gasteiger partial charge in [-0.25, -0.2) is 8.42 Å². The van der Waals surface area contributed by atoms with E-state index in [1.165, 1.54) is 19.3 Å². The molecule has 1 aliphatic heterocycles. The lowest BCUT2D eigenvalue weighted by molar-refractivity contribution is 0.0357. The van der Waals surface area contributed by atoms with Crippen LogP contribution in [0.15, 0.2) is 0 Å². The van der Waals surface area contributed by atoms with Crippen molar-refractivity contribution < 1.29 is 13.5 Å². The number of hydrogen-bond acceptors (Lipinski definition) is 4. The van der Waals surface area contributed by atoms with Crippen molar-refractivity contribution in [1.29, 1.82) is 0 Å². The Bertz CT molecular complexity index is 396. The first-order valence-electron chi connectivity index (χ1n) is 8.16. The summed E-state index contributed by atoms with van der Waals surface area (Å²) in [5, 5.41) is 10.1. The lowest BCUT2D eigenvalue weighted by Crippen LogP contribution is -2.47. The minimum atomic E-state index is -2.84. The topological polar surface area (TPSA) is 57.6 Å². The molecule has 2 fully saturated rings.